The lowest BCUT2D eigenvalue weighted by Gasteiger charge is -2.16. The van der Waals surface area contributed by atoms with Crippen LogP contribution in [0.15, 0.2) is 59.1 Å². The quantitative estimate of drug-likeness (QED) is 0.916. The topological polar surface area (TPSA) is 35.2 Å². The Bertz CT molecular complexity index is 470. The van der Waals surface area contributed by atoms with Crippen LogP contribution in [0.1, 0.15) is 11.5 Å². The van der Waals surface area contributed by atoms with Gasteiger partial charge in [0, 0.05) is 16.9 Å². The maximum atomic E-state index is 5.82. The summed E-state index contributed by atoms with van der Waals surface area (Å²) in [6.07, 6.45) is 0. The third kappa shape index (κ3) is 3.59. The van der Waals surface area contributed by atoms with Crippen LogP contribution in [0.3, 0.4) is 0 Å². The molecule has 0 aliphatic rings. The molecule has 0 fully saturated rings. The summed E-state index contributed by atoms with van der Waals surface area (Å²) in [4.78, 5) is 0. The van der Waals surface area contributed by atoms with Crippen molar-refractivity contribution in [3.05, 3.63) is 64.6 Å². The second-order valence-corrected chi connectivity index (χ2v) is 5.02. The fourth-order valence-electron chi connectivity index (χ4n) is 1.75. The molecule has 18 heavy (non-hydrogen) atoms. The molecule has 2 nitrogen and oxygen atoms in total. The van der Waals surface area contributed by atoms with E-state index in [1.54, 1.807) is 0 Å². The Kier molecular flexibility index (Phi) is 4.79. The van der Waals surface area contributed by atoms with Gasteiger partial charge in [-0.2, -0.15) is 0 Å². The van der Waals surface area contributed by atoms with E-state index in [0.29, 0.717) is 13.2 Å². The highest BCUT2D eigenvalue weighted by Gasteiger charge is 2.10. The highest BCUT2D eigenvalue weighted by molar-refractivity contribution is 9.10. The van der Waals surface area contributed by atoms with Crippen molar-refractivity contribution in [2.24, 2.45) is 5.73 Å². The van der Waals surface area contributed by atoms with E-state index in [1.165, 1.54) is 5.56 Å². The Labute approximate surface area is 116 Å². The molecule has 0 amide bonds. The first-order valence-corrected chi connectivity index (χ1v) is 6.72. The van der Waals surface area contributed by atoms with Gasteiger partial charge in [-0.15, -0.1) is 0 Å². The molecule has 2 N–H and O–H groups in total. The van der Waals surface area contributed by atoms with E-state index in [-0.39, 0.29) is 5.92 Å². The van der Waals surface area contributed by atoms with Crippen molar-refractivity contribution in [2.45, 2.75) is 5.92 Å². The number of hydrogen-bond donors (Lipinski definition) is 1. The molecule has 3 heteroatoms. The molecule has 0 heterocycles. The van der Waals surface area contributed by atoms with Crippen molar-refractivity contribution in [3.8, 4) is 5.75 Å². The minimum atomic E-state index is 0.221. The highest BCUT2D eigenvalue weighted by atomic mass is 79.9. The summed E-state index contributed by atoms with van der Waals surface area (Å²) < 4.78 is 6.83. The zero-order valence-corrected chi connectivity index (χ0v) is 11.6. The summed E-state index contributed by atoms with van der Waals surface area (Å²) in [6.45, 7) is 1.18. The minimum absolute atomic E-state index is 0.221. The van der Waals surface area contributed by atoms with Crippen LogP contribution in [0.5, 0.6) is 5.75 Å². The van der Waals surface area contributed by atoms with Crippen molar-refractivity contribution in [1.82, 2.24) is 0 Å². The summed E-state index contributed by atoms with van der Waals surface area (Å²) in [5.41, 5.74) is 7.02. The third-order valence-electron chi connectivity index (χ3n) is 2.82. The van der Waals surface area contributed by atoms with E-state index in [9.17, 15) is 0 Å². The van der Waals surface area contributed by atoms with Crippen LogP contribution < -0.4 is 10.5 Å². The maximum absolute atomic E-state index is 5.82. The molecular formula is C15H16BrNO. The molecule has 0 aromatic heterocycles. The van der Waals surface area contributed by atoms with Gasteiger partial charge in [-0.25, -0.2) is 0 Å². The summed E-state index contributed by atoms with van der Waals surface area (Å²) in [6, 6.07) is 18.0. The lowest BCUT2D eigenvalue weighted by molar-refractivity contribution is 0.290. The van der Waals surface area contributed by atoms with Crippen molar-refractivity contribution < 1.29 is 4.74 Å². The molecule has 0 saturated carbocycles. The lowest BCUT2D eigenvalue weighted by atomic mass is 10.0. The van der Waals surface area contributed by atoms with Crippen LogP contribution in [0.4, 0.5) is 0 Å². The fraction of sp³-hybridized carbons (Fsp3) is 0.200. The molecule has 94 valence electrons. The molecule has 2 aromatic rings. The average molecular weight is 306 g/mol. The van der Waals surface area contributed by atoms with Gasteiger partial charge in [0.15, 0.2) is 0 Å². The van der Waals surface area contributed by atoms with E-state index in [0.717, 1.165) is 10.2 Å². The Morgan fingerprint density at radius 1 is 1.00 bits per heavy atom. The summed E-state index contributed by atoms with van der Waals surface area (Å²) >= 11 is 3.43. The molecule has 0 saturated heterocycles. The van der Waals surface area contributed by atoms with Gasteiger partial charge in [0.25, 0.3) is 0 Å². The van der Waals surface area contributed by atoms with Crippen molar-refractivity contribution in [1.29, 1.82) is 0 Å². The number of rotatable bonds is 5. The molecule has 0 radical (unpaired) electrons. The van der Waals surface area contributed by atoms with Crippen LogP contribution in [-0.2, 0) is 0 Å². The Hall–Kier alpha value is -1.32. The van der Waals surface area contributed by atoms with Crippen LogP contribution in [-0.4, -0.2) is 13.2 Å². The van der Waals surface area contributed by atoms with Gasteiger partial charge in [-0.05, 0) is 29.8 Å². The van der Waals surface area contributed by atoms with Crippen LogP contribution >= 0.6 is 15.9 Å². The number of hydrogen-bond acceptors (Lipinski definition) is 2. The predicted molar refractivity (Wildman–Crippen MR) is 77.9 cm³/mol. The van der Waals surface area contributed by atoms with Gasteiger partial charge in [0.2, 0.25) is 0 Å². The Morgan fingerprint density at radius 2 is 1.67 bits per heavy atom. The van der Waals surface area contributed by atoms with Gasteiger partial charge in [0.1, 0.15) is 5.75 Å². The average Bonchev–Trinajstić information content (AvgIpc) is 2.42. The largest absolute Gasteiger partial charge is 0.493 e. The van der Waals surface area contributed by atoms with Gasteiger partial charge >= 0.3 is 0 Å². The summed E-state index contributed by atoms with van der Waals surface area (Å²) in [5.74, 6) is 1.10. The SMILES string of the molecule is NCC(COc1ccccc1)c1ccc(Br)cc1. The van der Waals surface area contributed by atoms with Crippen molar-refractivity contribution in [3.63, 3.8) is 0 Å². The molecule has 0 bridgehead atoms. The molecular weight excluding hydrogens is 290 g/mol. The standard InChI is InChI=1S/C15H16BrNO/c16-14-8-6-12(7-9-14)13(10-17)11-18-15-4-2-1-3-5-15/h1-9,13H,10-11,17H2. The van der Waals surface area contributed by atoms with Crippen LogP contribution in [0.2, 0.25) is 0 Å². The van der Waals surface area contributed by atoms with Gasteiger partial charge in [-0.1, -0.05) is 46.3 Å². The van der Waals surface area contributed by atoms with E-state index < -0.39 is 0 Å². The second-order valence-electron chi connectivity index (χ2n) is 4.11. The summed E-state index contributed by atoms with van der Waals surface area (Å²) in [7, 11) is 0. The first-order chi connectivity index (χ1) is 8.79. The van der Waals surface area contributed by atoms with Crippen molar-refractivity contribution in [2.75, 3.05) is 13.2 Å². The van der Waals surface area contributed by atoms with Crippen LogP contribution in [0, 0.1) is 0 Å². The Balaban J connectivity index is 1.99. The first kappa shape index (κ1) is 13.1. The van der Waals surface area contributed by atoms with Crippen molar-refractivity contribution >= 4 is 15.9 Å². The lowest BCUT2D eigenvalue weighted by Crippen LogP contribution is -2.19. The molecule has 0 aliphatic heterocycles. The predicted octanol–water partition coefficient (Wildman–Crippen LogP) is 3.57. The normalized spacial score (nSPS) is 12.1. The maximum Gasteiger partial charge on any atom is 0.119 e. The van der Waals surface area contributed by atoms with Gasteiger partial charge < -0.3 is 10.5 Å². The number of para-hydroxylation sites is 1. The zero-order chi connectivity index (χ0) is 12.8. The summed E-state index contributed by atoms with van der Waals surface area (Å²) in [5, 5.41) is 0. The molecule has 2 aromatic carbocycles. The Morgan fingerprint density at radius 3 is 2.28 bits per heavy atom. The first-order valence-electron chi connectivity index (χ1n) is 5.93. The number of benzene rings is 2. The third-order valence-corrected chi connectivity index (χ3v) is 3.35. The molecule has 0 spiro atoms. The smallest absolute Gasteiger partial charge is 0.119 e. The van der Waals surface area contributed by atoms with Gasteiger partial charge in [0.05, 0.1) is 6.61 Å². The number of ether oxygens (including phenoxy) is 1. The molecule has 0 aliphatic carbocycles. The highest BCUT2D eigenvalue weighted by Crippen LogP contribution is 2.19. The van der Waals surface area contributed by atoms with E-state index in [4.69, 9.17) is 10.5 Å². The van der Waals surface area contributed by atoms with E-state index >= 15 is 0 Å². The zero-order valence-electron chi connectivity index (χ0n) is 10.1. The number of halogens is 1. The number of nitrogens with two attached hydrogens (primary N) is 1. The van der Waals surface area contributed by atoms with Gasteiger partial charge in [-0.3, -0.25) is 0 Å². The molecule has 1 unspecified atom stereocenters. The molecule has 1 atom stereocenters. The molecule has 2 rings (SSSR count). The minimum Gasteiger partial charge on any atom is -0.493 e. The fourth-order valence-corrected chi connectivity index (χ4v) is 2.01. The van der Waals surface area contributed by atoms with E-state index in [2.05, 4.69) is 28.1 Å². The second kappa shape index (κ2) is 6.57. The monoisotopic (exact) mass is 305 g/mol. The van der Waals surface area contributed by atoms with Crippen LogP contribution in [0.25, 0.3) is 0 Å². The van der Waals surface area contributed by atoms with E-state index in [1.807, 2.05) is 42.5 Å².